The van der Waals surface area contributed by atoms with Gasteiger partial charge >= 0.3 is 6.18 Å². The van der Waals surface area contributed by atoms with E-state index in [2.05, 4.69) is 21.2 Å². The van der Waals surface area contributed by atoms with Crippen molar-refractivity contribution in [2.45, 2.75) is 44.5 Å². The topological polar surface area (TPSA) is 56.8 Å². The number of halogens is 5. The van der Waals surface area contributed by atoms with Crippen molar-refractivity contribution in [3.05, 3.63) is 38.5 Å². The second-order valence-electron chi connectivity index (χ2n) is 7.71. The van der Waals surface area contributed by atoms with E-state index in [1.807, 2.05) is 6.92 Å². The average Bonchev–Trinajstić information content (AvgIpc) is 2.83. The van der Waals surface area contributed by atoms with E-state index < -0.39 is 30.7 Å². The van der Waals surface area contributed by atoms with Crippen LogP contribution in [0.2, 0.25) is 5.02 Å². The van der Waals surface area contributed by atoms with Gasteiger partial charge in [-0.15, -0.1) is 0 Å². The van der Waals surface area contributed by atoms with Gasteiger partial charge in [-0.05, 0) is 43.4 Å². The van der Waals surface area contributed by atoms with Crippen LogP contribution in [0, 0.1) is 6.92 Å². The van der Waals surface area contributed by atoms with Gasteiger partial charge in [0.25, 0.3) is 5.91 Å². The summed E-state index contributed by atoms with van der Waals surface area (Å²) in [5, 5.41) is 3.27. The van der Waals surface area contributed by atoms with Gasteiger partial charge in [-0.25, -0.2) is 0 Å². The molecule has 1 fully saturated rings. The van der Waals surface area contributed by atoms with Gasteiger partial charge < -0.3 is 19.1 Å². The summed E-state index contributed by atoms with van der Waals surface area (Å²) in [6.07, 6.45) is -4.01. The Balaban J connectivity index is 2.14. The molecule has 2 aliphatic rings. The molecule has 172 valence electrons. The molecule has 3 atom stereocenters. The van der Waals surface area contributed by atoms with Crippen LogP contribution in [0.15, 0.2) is 22.4 Å². The molecule has 1 aromatic rings. The maximum Gasteiger partial charge on any atom is 0.412 e. The molecule has 0 bridgehead atoms. The monoisotopic (exact) mass is 561 g/mol. The quantitative estimate of drug-likeness (QED) is 0.465. The van der Waals surface area contributed by atoms with Crippen LogP contribution in [-0.4, -0.2) is 43.6 Å². The lowest BCUT2D eigenvalue weighted by Crippen LogP contribution is -2.51. The van der Waals surface area contributed by atoms with Gasteiger partial charge in [0.1, 0.15) is 11.3 Å². The zero-order chi connectivity index (χ0) is 23.2. The summed E-state index contributed by atoms with van der Waals surface area (Å²) >= 11 is 15.1. The van der Waals surface area contributed by atoms with Crippen LogP contribution >= 0.6 is 34.0 Å². The first-order valence-corrected chi connectivity index (χ1v) is 13.6. The number of amides is 1. The standard InChI is InChI=1S/C19H21BrClF3NO4PS/c1-10-6-12(20)7-13(21)14(10)15-16(29-30(3,31)28-9-19(22,23)24)18(25-17(15)26)4-5-27-11(2)8-18/h6-7,11H,4-5,8-9H2,1-3H3,(H,25,26). The highest BCUT2D eigenvalue weighted by atomic mass is 79.9. The van der Waals surface area contributed by atoms with Gasteiger partial charge in [-0.1, -0.05) is 27.5 Å². The zero-order valence-electron chi connectivity index (χ0n) is 16.9. The number of hydrogen-bond donors (Lipinski definition) is 1. The van der Waals surface area contributed by atoms with Crippen LogP contribution in [0.1, 0.15) is 30.9 Å². The van der Waals surface area contributed by atoms with E-state index in [0.29, 0.717) is 35.6 Å². The number of rotatable bonds is 5. The molecule has 1 aromatic carbocycles. The molecule has 1 spiro atoms. The summed E-state index contributed by atoms with van der Waals surface area (Å²) < 4.78 is 55.4. The fraction of sp³-hybridized carbons (Fsp3) is 0.526. The second-order valence-corrected chi connectivity index (χ2v) is 13.0. The van der Waals surface area contributed by atoms with Crippen LogP contribution in [-0.2, 0) is 30.4 Å². The Bertz CT molecular complexity index is 966. The summed E-state index contributed by atoms with van der Waals surface area (Å²) in [5.41, 5.74) is 0.340. The molecule has 0 aromatic heterocycles. The normalized spacial score (nSPS) is 26.2. The molecule has 1 amide bonds. The molecule has 2 heterocycles. The lowest BCUT2D eigenvalue weighted by atomic mass is 9.85. The van der Waals surface area contributed by atoms with Gasteiger partial charge in [0, 0.05) is 36.1 Å². The molecule has 5 nitrogen and oxygen atoms in total. The lowest BCUT2D eigenvalue weighted by molar-refractivity contribution is -0.153. The van der Waals surface area contributed by atoms with Crippen molar-refractivity contribution in [2.75, 3.05) is 19.9 Å². The minimum atomic E-state index is -4.55. The number of carbonyl (C=O) groups is 1. The Hall–Kier alpha value is -0.640. The summed E-state index contributed by atoms with van der Waals surface area (Å²) in [4.78, 5) is 13.2. The summed E-state index contributed by atoms with van der Waals surface area (Å²) in [5.74, 6) is -0.254. The summed E-state index contributed by atoms with van der Waals surface area (Å²) in [6.45, 7) is 0.346. The Kier molecular flexibility index (Phi) is 7.22. The van der Waals surface area contributed by atoms with Crippen molar-refractivity contribution in [1.82, 2.24) is 5.32 Å². The van der Waals surface area contributed by atoms with Crippen LogP contribution in [0.4, 0.5) is 13.2 Å². The van der Waals surface area contributed by atoms with E-state index in [1.165, 1.54) is 6.66 Å². The lowest BCUT2D eigenvalue weighted by Gasteiger charge is -2.39. The molecule has 3 unspecified atom stereocenters. The molecule has 0 saturated carbocycles. The van der Waals surface area contributed by atoms with Crippen molar-refractivity contribution in [2.24, 2.45) is 0 Å². The third kappa shape index (κ3) is 5.65. The number of alkyl halides is 3. The van der Waals surface area contributed by atoms with Crippen molar-refractivity contribution in [3.63, 3.8) is 0 Å². The van der Waals surface area contributed by atoms with Gasteiger partial charge in [-0.3, -0.25) is 4.79 Å². The Morgan fingerprint density at radius 2 is 2.13 bits per heavy atom. The van der Waals surface area contributed by atoms with Crippen LogP contribution in [0.3, 0.4) is 0 Å². The first kappa shape index (κ1) is 25.0. The SMILES string of the molecule is Cc1cc(Br)cc(Cl)c1C1=C(OP(C)(=S)OCC(F)(F)F)C2(CCOC(C)C2)NC1=O. The minimum absolute atomic E-state index is 0.163. The molecule has 1 N–H and O–H groups in total. The van der Waals surface area contributed by atoms with E-state index in [1.54, 1.807) is 19.1 Å². The van der Waals surface area contributed by atoms with Crippen molar-refractivity contribution < 1.29 is 31.8 Å². The molecular weight excluding hydrogens is 542 g/mol. The highest BCUT2D eigenvalue weighted by molar-refractivity contribution is 9.10. The van der Waals surface area contributed by atoms with E-state index in [9.17, 15) is 18.0 Å². The molecule has 12 heteroatoms. The zero-order valence-corrected chi connectivity index (χ0v) is 21.0. The molecule has 31 heavy (non-hydrogen) atoms. The predicted octanol–water partition coefficient (Wildman–Crippen LogP) is 5.72. The number of nitrogens with one attached hydrogen (secondary N) is 1. The molecule has 0 radical (unpaired) electrons. The Morgan fingerprint density at radius 3 is 2.71 bits per heavy atom. The smallest absolute Gasteiger partial charge is 0.412 e. The second kappa shape index (κ2) is 8.95. The van der Waals surface area contributed by atoms with Crippen molar-refractivity contribution in [1.29, 1.82) is 0 Å². The predicted molar refractivity (Wildman–Crippen MR) is 120 cm³/mol. The maximum absolute atomic E-state index is 13.2. The fourth-order valence-corrected chi connectivity index (χ4v) is 6.32. The van der Waals surface area contributed by atoms with Crippen molar-refractivity contribution >= 4 is 57.3 Å². The van der Waals surface area contributed by atoms with Gasteiger partial charge in [0.15, 0.2) is 6.61 Å². The van der Waals surface area contributed by atoms with Crippen molar-refractivity contribution in [3.8, 4) is 0 Å². The number of hydrogen-bond acceptors (Lipinski definition) is 5. The Labute approximate surface area is 196 Å². The highest BCUT2D eigenvalue weighted by Crippen LogP contribution is 2.54. The van der Waals surface area contributed by atoms with Crippen LogP contribution < -0.4 is 5.32 Å². The number of aryl methyl sites for hydroxylation is 1. The van der Waals surface area contributed by atoms with Gasteiger partial charge in [0.2, 0.25) is 6.49 Å². The van der Waals surface area contributed by atoms with E-state index >= 15 is 0 Å². The van der Waals surface area contributed by atoms with Gasteiger partial charge in [-0.2, -0.15) is 13.2 Å². The average molecular weight is 563 g/mol. The fourth-order valence-electron chi connectivity index (χ4n) is 3.85. The first-order valence-electron chi connectivity index (χ1n) is 9.36. The van der Waals surface area contributed by atoms with E-state index in [-0.39, 0.29) is 17.4 Å². The molecular formula is C19H21BrClF3NO4PS. The highest BCUT2D eigenvalue weighted by Gasteiger charge is 2.51. The third-order valence-corrected chi connectivity index (χ3v) is 7.44. The molecule has 2 aliphatic heterocycles. The molecule has 1 saturated heterocycles. The molecule has 0 aliphatic carbocycles. The van der Waals surface area contributed by atoms with E-state index in [0.717, 1.165) is 4.47 Å². The summed E-state index contributed by atoms with van der Waals surface area (Å²) in [6, 6.07) is 3.43. The van der Waals surface area contributed by atoms with Gasteiger partial charge in [0.05, 0.1) is 16.7 Å². The number of ether oxygens (including phenoxy) is 1. The third-order valence-electron chi connectivity index (χ3n) is 5.03. The Morgan fingerprint density at radius 1 is 1.45 bits per heavy atom. The summed E-state index contributed by atoms with van der Waals surface area (Å²) in [7, 11) is 0. The van der Waals surface area contributed by atoms with E-state index in [4.69, 9.17) is 37.2 Å². The van der Waals surface area contributed by atoms with Crippen LogP contribution in [0.5, 0.6) is 0 Å². The van der Waals surface area contributed by atoms with Crippen LogP contribution in [0.25, 0.3) is 5.57 Å². The number of carbonyl (C=O) groups excluding carboxylic acids is 1. The maximum atomic E-state index is 13.2. The minimum Gasteiger partial charge on any atom is -0.445 e. The number of benzene rings is 1. The first-order chi connectivity index (χ1) is 14.2. The largest absolute Gasteiger partial charge is 0.445 e. The molecule has 3 rings (SSSR count).